The van der Waals surface area contributed by atoms with Crippen molar-refractivity contribution >= 4 is 5.91 Å². The van der Waals surface area contributed by atoms with Crippen LogP contribution in [0.25, 0.3) is 11.4 Å². The molecular formula is C16H20N4O. The topological polar surface area (TPSA) is 51.0 Å². The van der Waals surface area contributed by atoms with E-state index in [9.17, 15) is 4.79 Å². The maximum absolute atomic E-state index is 11.4. The molecule has 0 unspecified atom stereocenters. The van der Waals surface area contributed by atoms with Gasteiger partial charge in [0.1, 0.15) is 5.82 Å². The number of nitrogens with zero attached hydrogens (tertiary/aromatic N) is 4. The minimum atomic E-state index is 0.171. The lowest BCUT2D eigenvalue weighted by atomic mass is 10.0. The van der Waals surface area contributed by atoms with Crippen molar-refractivity contribution in [3.63, 3.8) is 0 Å². The lowest BCUT2D eigenvalue weighted by Crippen LogP contribution is -2.37. The molecule has 1 aliphatic rings. The van der Waals surface area contributed by atoms with E-state index in [1.165, 1.54) is 5.69 Å². The zero-order valence-electron chi connectivity index (χ0n) is 12.5. The molecule has 1 fully saturated rings. The summed E-state index contributed by atoms with van der Waals surface area (Å²) in [5, 5.41) is 0. The highest BCUT2D eigenvalue weighted by molar-refractivity contribution is 5.73. The van der Waals surface area contributed by atoms with Gasteiger partial charge in [-0.2, -0.15) is 0 Å². The van der Waals surface area contributed by atoms with Gasteiger partial charge in [-0.25, -0.2) is 4.98 Å². The van der Waals surface area contributed by atoms with Crippen LogP contribution in [0.5, 0.6) is 0 Å². The van der Waals surface area contributed by atoms with Crippen molar-refractivity contribution in [3.05, 3.63) is 36.4 Å². The van der Waals surface area contributed by atoms with Crippen molar-refractivity contribution in [3.8, 4) is 11.4 Å². The Morgan fingerprint density at radius 2 is 1.90 bits per heavy atom. The molecule has 1 saturated heterocycles. The van der Waals surface area contributed by atoms with Gasteiger partial charge in [0.25, 0.3) is 0 Å². The Balaban J connectivity index is 1.87. The van der Waals surface area contributed by atoms with Crippen molar-refractivity contribution in [1.82, 2.24) is 19.4 Å². The van der Waals surface area contributed by atoms with Crippen LogP contribution in [-0.4, -0.2) is 38.4 Å². The van der Waals surface area contributed by atoms with Gasteiger partial charge in [0, 0.05) is 55.9 Å². The van der Waals surface area contributed by atoms with E-state index in [0.29, 0.717) is 6.04 Å². The van der Waals surface area contributed by atoms with Crippen LogP contribution in [0.4, 0.5) is 0 Å². The summed E-state index contributed by atoms with van der Waals surface area (Å²) >= 11 is 0. The van der Waals surface area contributed by atoms with Gasteiger partial charge in [-0.3, -0.25) is 9.78 Å². The number of aryl methyl sites for hydroxylation is 1. The van der Waals surface area contributed by atoms with Crippen LogP contribution < -0.4 is 0 Å². The molecule has 3 rings (SSSR count). The summed E-state index contributed by atoms with van der Waals surface area (Å²) in [7, 11) is 0. The summed E-state index contributed by atoms with van der Waals surface area (Å²) in [6, 6.07) is 4.39. The molecule has 2 aromatic heterocycles. The van der Waals surface area contributed by atoms with Crippen molar-refractivity contribution in [2.24, 2.45) is 0 Å². The van der Waals surface area contributed by atoms with Crippen LogP contribution in [0.1, 0.15) is 31.5 Å². The van der Waals surface area contributed by atoms with Crippen LogP contribution in [0.3, 0.4) is 0 Å². The molecule has 0 aromatic carbocycles. The van der Waals surface area contributed by atoms with Gasteiger partial charge in [-0.1, -0.05) is 0 Å². The van der Waals surface area contributed by atoms with Crippen LogP contribution in [-0.2, 0) is 4.79 Å². The van der Waals surface area contributed by atoms with E-state index in [1.807, 2.05) is 23.2 Å². The maximum atomic E-state index is 11.4. The molecule has 21 heavy (non-hydrogen) atoms. The standard InChI is InChI=1S/C16H20N4O/c1-12-11-18-16(14-3-7-17-8-4-14)20(12)15-5-9-19(10-6-15)13(2)21/h3-4,7-8,11,15H,5-6,9-10H2,1-2H3. The molecule has 0 N–H and O–H groups in total. The van der Waals surface area contributed by atoms with E-state index < -0.39 is 0 Å². The Kier molecular flexibility index (Phi) is 3.73. The minimum Gasteiger partial charge on any atom is -0.343 e. The highest BCUT2D eigenvalue weighted by Crippen LogP contribution is 2.29. The monoisotopic (exact) mass is 284 g/mol. The quantitative estimate of drug-likeness (QED) is 0.851. The van der Waals surface area contributed by atoms with E-state index in [4.69, 9.17) is 0 Å². The zero-order chi connectivity index (χ0) is 14.8. The molecular weight excluding hydrogens is 264 g/mol. The molecule has 5 nitrogen and oxygen atoms in total. The fourth-order valence-electron chi connectivity index (χ4n) is 3.06. The van der Waals surface area contributed by atoms with Gasteiger partial charge in [-0.15, -0.1) is 0 Å². The van der Waals surface area contributed by atoms with Crippen LogP contribution in [0, 0.1) is 6.92 Å². The Labute approximate surface area is 124 Å². The Hall–Kier alpha value is -2.17. The Morgan fingerprint density at radius 3 is 2.52 bits per heavy atom. The van der Waals surface area contributed by atoms with Gasteiger partial charge >= 0.3 is 0 Å². The molecule has 5 heteroatoms. The predicted molar refractivity (Wildman–Crippen MR) is 80.7 cm³/mol. The SMILES string of the molecule is CC(=O)N1CCC(n2c(C)cnc2-c2ccncc2)CC1. The largest absolute Gasteiger partial charge is 0.343 e. The van der Waals surface area contributed by atoms with Crippen molar-refractivity contribution in [2.75, 3.05) is 13.1 Å². The third kappa shape index (κ3) is 2.68. The van der Waals surface area contributed by atoms with Crippen LogP contribution >= 0.6 is 0 Å². The predicted octanol–water partition coefficient (Wildman–Crippen LogP) is 2.44. The summed E-state index contributed by atoms with van der Waals surface area (Å²) in [4.78, 5) is 22.0. The molecule has 1 aliphatic heterocycles. The lowest BCUT2D eigenvalue weighted by Gasteiger charge is -2.33. The Morgan fingerprint density at radius 1 is 1.24 bits per heavy atom. The molecule has 1 amide bonds. The maximum Gasteiger partial charge on any atom is 0.219 e. The fourth-order valence-corrected chi connectivity index (χ4v) is 3.06. The number of carbonyl (C=O) groups excluding carboxylic acids is 1. The van der Waals surface area contributed by atoms with Gasteiger partial charge in [-0.05, 0) is 31.9 Å². The molecule has 0 saturated carbocycles. The summed E-state index contributed by atoms with van der Waals surface area (Å²) < 4.78 is 2.31. The molecule has 2 aromatic rings. The molecule has 0 bridgehead atoms. The molecule has 3 heterocycles. The molecule has 0 aliphatic carbocycles. The highest BCUT2D eigenvalue weighted by atomic mass is 16.2. The van der Waals surface area contributed by atoms with Crippen molar-refractivity contribution < 1.29 is 4.79 Å². The summed E-state index contributed by atoms with van der Waals surface area (Å²) in [6.45, 7) is 5.39. The van der Waals surface area contributed by atoms with Crippen LogP contribution in [0.2, 0.25) is 0 Å². The summed E-state index contributed by atoms with van der Waals surface area (Å²) in [6.07, 6.45) is 7.47. The first-order chi connectivity index (χ1) is 10.2. The average Bonchev–Trinajstić information content (AvgIpc) is 2.90. The number of amides is 1. The number of piperidine rings is 1. The first-order valence-corrected chi connectivity index (χ1v) is 7.36. The van der Waals surface area contributed by atoms with Gasteiger partial charge in [0.05, 0.1) is 0 Å². The third-order valence-electron chi connectivity index (χ3n) is 4.20. The lowest BCUT2D eigenvalue weighted by molar-refractivity contribution is -0.130. The second kappa shape index (κ2) is 5.68. The number of pyridine rings is 1. The summed E-state index contributed by atoms with van der Waals surface area (Å²) in [5.74, 6) is 1.17. The zero-order valence-corrected chi connectivity index (χ0v) is 12.5. The van der Waals surface area contributed by atoms with E-state index in [2.05, 4.69) is 21.5 Å². The molecule has 0 radical (unpaired) electrons. The number of rotatable bonds is 2. The van der Waals surface area contributed by atoms with Crippen molar-refractivity contribution in [2.45, 2.75) is 32.7 Å². The summed E-state index contributed by atoms with van der Waals surface area (Å²) in [5.41, 5.74) is 2.26. The number of hydrogen-bond acceptors (Lipinski definition) is 3. The van der Waals surface area contributed by atoms with E-state index >= 15 is 0 Å². The molecule has 0 spiro atoms. The van der Waals surface area contributed by atoms with Crippen LogP contribution in [0.15, 0.2) is 30.7 Å². The number of carbonyl (C=O) groups is 1. The Bertz CT molecular complexity index is 627. The second-order valence-electron chi connectivity index (χ2n) is 5.57. The number of imidazole rings is 1. The number of likely N-dealkylation sites (tertiary alicyclic amines) is 1. The number of aromatic nitrogens is 3. The fraction of sp³-hybridized carbons (Fsp3) is 0.438. The highest BCUT2D eigenvalue weighted by Gasteiger charge is 2.25. The van der Waals surface area contributed by atoms with E-state index in [-0.39, 0.29) is 5.91 Å². The average molecular weight is 284 g/mol. The molecule has 110 valence electrons. The number of hydrogen-bond donors (Lipinski definition) is 0. The smallest absolute Gasteiger partial charge is 0.219 e. The first-order valence-electron chi connectivity index (χ1n) is 7.36. The minimum absolute atomic E-state index is 0.171. The van der Waals surface area contributed by atoms with Gasteiger partial charge in [0.15, 0.2) is 0 Å². The second-order valence-corrected chi connectivity index (χ2v) is 5.57. The van der Waals surface area contributed by atoms with Gasteiger partial charge < -0.3 is 9.47 Å². The third-order valence-corrected chi connectivity index (χ3v) is 4.20. The van der Waals surface area contributed by atoms with Gasteiger partial charge in [0.2, 0.25) is 5.91 Å². The van der Waals surface area contributed by atoms with Crippen molar-refractivity contribution in [1.29, 1.82) is 0 Å². The van der Waals surface area contributed by atoms with E-state index in [0.717, 1.165) is 37.3 Å². The molecule has 0 atom stereocenters. The normalized spacial score (nSPS) is 16.2. The van der Waals surface area contributed by atoms with E-state index in [1.54, 1.807) is 19.3 Å². The first kappa shape index (κ1) is 13.8.